The molecule has 0 fully saturated rings. The van der Waals surface area contributed by atoms with Crippen LogP contribution in [0.15, 0.2) is 66.9 Å². The zero-order valence-electron chi connectivity index (χ0n) is 10.5. The zero-order chi connectivity index (χ0) is 13.1. The number of nitrogens with zero attached hydrogens (tertiary/aromatic N) is 2. The highest BCUT2D eigenvalue weighted by molar-refractivity contribution is 5.70. The molecule has 1 atom stereocenters. The number of allylic oxidation sites excluding steroid dienone is 3. The molecular weight excluding hydrogens is 234 g/mol. The Hall–Kier alpha value is -2.42. The second kappa shape index (κ2) is 5.06. The summed E-state index contributed by atoms with van der Waals surface area (Å²) in [5.41, 5.74) is 10.4. The zero-order valence-corrected chi connectivity index (χ0v) is 10.5. The van der Waals surface area contributed by atoms with Crippen molar-refractivity contribution in [2.24, 2.45) is 5.73 Å². The molecule has 3 nitrogen and oxygen atoms in total. The van der Waals surface area contributed by atoms with Gasteiger partial charge in [-0.05, 0) is 41.3 Å². The Kier molecular flexibility index (Phi) is 3.11. The molecule has 0 unspecified atom stereocenters. The van der Waals surface area contributed by atoms with Gasteiger partial charge in [0.05, 0.1) is 0 Å². The lowest BCUT2D eigenvalue weighted by Crippen LogP contribution is -2.08. The normalized spacial score (nSPS) is 18.6. The first-order valence-electron chi connectivity index (χ1n) is 6.31. The molecule has 3 heteroatoms. The average molecular weight is 249 g/mol. The van der Waals surface area contributed by atoms with Gasteiger partial charge in [0.25, 0.3) is 0 Å². The molecule has 0 amide bonds. The molecule has 2 N–H and O–H groups in total. The van der Waals surface area contributed by atoms with Crippen molar-refractivity contribution in [3.8, 4) is 0 Å². The van der Waals surface area contributed by atoms with E-state index in [0.29, 0.717) is 0 Å². The highest BCUT2D eigenvalue weighted by Crippen LogP contribution is 2.34. The Morgan fingerprint density at radius 1 is 1.05 bits per heavy atom. The lowest BCUT2D eigenvalue weighted by molar-refractivity contribution is 0.847. The first kappa shape index (κ1) is 11.7. The Balaban J connectivity index is 1.92. The minimum absolute atomic E-state index is 0.286. The molecule has 0 aromatic carbocycles. The van der Waals surface area contributed by atoms with E-state index in [0.717, 1.165) is 17.7 Å². The van der Waals surface area contributed by atoms with E-state index in [4.69, 9.17) is 5.73 Å². The molecule has 3 rings (SSSR count). The van der Waals surface area contributed by atoms with Crippen LogP contribution in [0.4, 0.5) is 0 Å². The van der Waals surface area contributed by atoms with E-state index in [-0.39, 0.29) is 5.92 Å². The van der Waals surface area contributed by atoms with Gasteiger partial charge < -0.3 is 5.73 Å². The Morgan fingerprint density at radius 3 is 2.53 bits per heavy atom. The van der Waals surface area contributed by atoms with Crippen LogP contribution in [0, 0.1) is 0 Å². The largest absolute Gasteiger partial charge is 0.399 e. The Labute approximate surface area is 112 Å². The van der Waals surface area contributed by atoms with Gasteiger partial charge >= 0.3 is 0 Å². The Morgan fingerprint density at radius 2 is 1.84 bits per heavy atom. The lowest BCUT2D eigenvalue weighted by atomic mass is 9.85. The molecular formula is C16H15N3. The van der Waals surface area contributed by atoms with Gasteiger partial charge in [0, 0.05) is 36.4 Å². The summed E-state index contributed by atoms with van der Waals surface area (Å²) in [4.78, 5) is 8.35. The van der Waals surface area contributed by atoms with Crippen molar-refractivity contribution in [2.75, 3.05) is 0 Å². The number of pyridine rings is 2. The summed E-state index contributed by atoms with van der Waals surface area (Å²) in [6, 6.07) is 8.07. The van der Waals surface area contributed by atoms with Crippen LogP contribution in [0.3, 0.4) is 0 Å². The predicted octanol–water partition coefficient (Wildman–Crippen LogP) is 2.89. The van der Waals surface area contributed by atoms with E-state index in [1.165, 1.54) is 11.1 Å². The van der Waals surface area contributed by atoms with Crippen molar-refractivity contribution in [3.63, 3.8) is 0 Å². The fourth-order valence-electron chi connectivity index (χ4n) is 2.40. The van der Waals surface area contributed by atoms with Crippen LogP contribution in [0.2, 0.25) is 0 Å². The van der Waals surface area contributed by atoms with E-state index in [9.17, 15) is 0 Å². The third kappa shape index (κ3) is 2.55. The first-order valence-corrected chi connectivity index (χ1v) is 6.31. The van der Waals surface area contributed by atoms with Gasteiger partial charge in [-0.15, -0.1) is 0 Å². The molecule has 2 aromatic heterocycles. The van der Waals surface area contributed by atoms with Crippen molar-refractivity contribution in [1.82, 2.24) is 9.97 Å². The number of nitrogens with two attached hydrogens (primary N) is 1. The van der Waals surface area contributed by atoms with Crippen molar-refractivity contribution in [1.29, 1.82) is 0 Å². The van der Waals surface area contributed by atoms with E-state index in [1.54, 1.807) is 12.4 Å². The molecule has 0 bridgehead atoms. The third-order valence-electron chi connectivity index (χ3n) is 3.32. The molecule has 0 spiro atoms. The summed E-state index contributed by atoms with van der Waals surface area (Å²) < 4.78 is 0. The monoisotopic (exact) mass is 249 g/mol. The van der Waals surface area contributed by atoms with Crippen LogP contribution in [0.5, 0.6) is 0 Å². The second-order valence-corrected chi connectivity index (χ2v) is 4.67. The summed E-state index contributed by atoms with van der Waals surface area (Å²) in [6.07, 6.45) is 12.4. The average Bonchev–Trinajstić information content (AvgIpc) is 2.48. The minimum atomic E-state index is 0.286. The van der Waals surface area contributed by atoms with Crippen molar-refractivity contribution >= 4 is 5.57 Å². The van der Waals surface area contributed by atoms with Crippen molar-refractivity contribution < 1.29 is 0 Å². The molecule has 2 heterocycles. The number of aromatic nitrogens is 2. The van der Waals surface area contributed by atoms with Crippen LogP contribution in [-0.4, -0.2) is 9.97 Å². The van der Waals surface area contributed by atoms with E-state index in [2.05, 4.69) is 28.2 Å². The molecule has 94 valence electrons. The van der Waals surface area contributed by atoms with Crippen LogP contribution in [0.25, 0.3) is 5.57 Å². The third-order valence-corrected chi connectivity index (χ3v) is 3.32. The topological polar surface area (TPSA) is 51.8 Å². The molecule has 1 aliphatic rings. The van der Waals surface area contributed by atoms with Gasteiger partial charge in [-0.1, -0.05) is 18.2 Å². The van der Waals surface area contributed by atoms with Gasteiger partial charge in [0.2, 0.25) is 0 Å². The lowest BCUT2D eigenvalue weighted by Gasteiger charge is -2.20. The smallest absolute Gasteiger partial charge is 0.0343 e. The Bertz CT molecular complexity index is 615. The van der Waals surface area contributed by atoms with Gasteiger partial charge in [0.15, 0.2) is 0 Å². The van der Waals surface area contributed by atoms with Crippen molar-refractivity contribution in [2.45, 2.75) is 12.3 Å². The second-order valence-electron chi connectivity index (χ2n) is 4.67. The SMILES string of the molecule is NC1=C[C@@H](c2cccnc2)CC(c2cccnc2)=C1. The number of hydrogen-bond acceptors (Lipinski definition) is 3. The number of rotatable bonds is 2. The molecule has 0 aliphatic heterocycles. The summed E-state index contributed by atoms with van der Waals surface area (Å²) in [6.45, 7) is 0. The quantitative estimate of drug-likeness (QED) is 0.890. The number of hydrogen-bond donors (Lipinski definition) is 1. The maximum Gasteiger partial charge on any atom is 0.0343 e. The van der Waals surface area contributed by atoms with Crippen molar-refractivity contribution in [3.05, 3.63) is 78.0 Å². The summed E-state index contributed by atoms with van der Waals surface area (Å²) in [5, 5.41) is 0. The summed E-state index contributed by atoms with van der Waals surface area (Å²) >= 11 is 0. The van der Waals surface area contributed by atoms with E-state index < -0.39 is 0 Å². The first-order chi connectivity index (χ1) is 9.33. The molecule has 0 saturated heterocycles. The molecule has 2 aromatic rings. The fraction of sp³-hybridized carbons (Fsp3) is 0.125. The maximum atomic E-state index is 6.03. The van der Waals surface area contributed by atoms with E-state index in [1.807, 2.05) is 30.6 Å². The maximum absolute atomic E-state index is 6.03. The van der Waals surface area contributed by atoms with Crippen LogP contribution < -0.4 is 5.73 Å². The fourth-order valence-corrected chi connectivity index (χ4v) is 2.40. The van der Waals surface area contributed by atoms with Crippen LogP contribution in [-0.2, 0) is 0 Å². The van der Waals surface area contributed by atoms with Gasteiger partial charge in [0.1, 0.15) is 0 Å². The highest BCUT2D eigenvalue weighted by Gasteiger charge is 2.17. The van der Waals surface area contributed by atoms with E-state index >= 15 is 0 Å². The molecule has 1 aliphatic carbocycles. The van der Waals surface area contributed by atoms with Gasteiger partial charge in [-0.2, -0.15) is 0 Å². The van der Waals surface area contributed by atoms with Gasteiger partial charge in [-0.3, -0.25) is 9.97 Å². The minimum Gasteiger partial charge on any atom is -0.399 e. The predicted molar refractivity (Wildman–Crippen MR) is 76.1 cm³/mol. The van der Waals surface area contributed by atoms with Crippen LogP contribution >= 0.6 is 0 Å². The van der Waals surface area contributed by atoms with Crippen LogP contribution in [0.1, 0.15) is 23.5 Å². The molecule has 0 radical (unpaired) electrons. The standard InChI is InChI=1S/C16H15N3/c17-16-8-14(12-3-1-5-18-10-12)7-15(9-16)13-4-2-6-19-11-13/h1-6,8-11,14H,7,17H2/t14-/m0/s1. The molecule has 19 heavy (non-hydrogen) atoms. The van der Waals surface area contributed by atoms with Gasteiger partial charge in [-0.25, -0.2) is 0 Å². The molecule has 0 saturated carbocycles. The summed E-state index contributed by atoms with van der Waals surface area (Å²) in [7, 11) is 0. The highest BCUT2D eigenvalue weighted by atomic mass is 14.6. The summed E-state index contributed by atoms with van der Waals surface area (Å²) in [5.74, 6) is 0.286.